The number of nitrogens with zero attached hydrogens (tertiary/aromatic N) is 2. The van der Waals surface area contributed by atoms with E-state index in [0.29, 0.717) is 5.56 Å². The maximum atomic E-state index is 13.5. The summed E-state index contributed by atoms with van der Waals surface area (Å²) >= 11 is 6.24. The smallest absolute Gasteiger partial charge is 0.274 e. The van der Waals surface area contributed by atoms with Crippen molar-refractivity contribution in [2.45, 2.75) is 26.2 Å². The average Bonchev–Trinajstić information content (AvgIpc) is 3.46. The van der Waals surface area contributed by atoms with E-state index in [1.54, 1.807) is 30.3 Å². The Hall–Kier alpha value is -2.99. The van der Waals surface area contributed by atoms with Crippen LogP contribution in [0.5, 0.6) is 0 Å². The number of fused-ring (bicyclic) bond motifs is 5. The molecule has 6 nitrogen and oxygen atoms in total. The standard InChI is InChI=1S/C25H23ClN2O4/c1-14-6-8-15(9-7-14)20(29)13-27(23(30)18-4-2-3-5-19(18)26)28-24(31)21-16-10-11-17(12-16)22(21)25(28)32/h2-9,16-17,21-22H,10-13H2,1H3/t16-,17-,21-,22-/m0/s1. The molecule has 2 bridgehead atoms. The lowest BCUT2D eigenvalue weighted by atomic mass is 9.81. The van der Waals surface area contributed by atoms with E-state index >= 15 is 0 Å². The number of rotatable bonds is 5. The number of hydrogen-bond donors (Lipinski definition) is 0. The van der Waals surface area contributed by atoms with Crippen molar-refractivity contribution in [1.29, 1.82) is 0 Å². The number of hydrogen-bond acceptors (Lipinski definition) is 4. The molecule has 5 rings (SSSR count). The normalized spacial score (nSPS) is 25.9. The number of carbonyl (C=O) groups is 4. The van der Waals surface area contributed by atoms with Crippen molar-refractivity contribution in [2.75, 3.05) is 6.54 Å². The summed E-state index contributed by atoms with van der Waals surface area (Å²) in [6.07, 6.45) is 2.75. The van der Waals surface area contributed by atoms with E-state index < -0.39 is 24.3 Å². The number of halogens is 1. The van der Waals surface area contributed by atoms with Crippen molar-refractivity contribution in [3.05, 3.63) is 70.2 Å². The van der Waals surface area contributed by atoms with Crippen LogP contribution in [-0.4, -0.2) is 40.1 Å². The molecule has 1 heterocycles. The summed E-state index contributed by atoms with van der Waals surface area (Å²) in [7, 11) is 0. The Kier molecular flexibility index (Phi) is 5.13. The fourth-order valence-electron chi connectivity index (χ4n) is 5.60. The molecule has 164 valence electrons. The second-order valence-corrected chi connectivity index (χ2v) is 9.41. The van der Waals surface area contributed by atoms with Crippen LogP contribution in [0, 0.1) is 30.6 Å². The Morgan fingerprint density at radius 3 is 2.16 bits per heavy atom. The molecule has 3 fully saturated rings. The fraction of sp³-hybridized carbons (Fsp3) is 0.360. The topological polar surface area (TPSA) is 74.8 Å². The molecule has 2 saturated carbocycles. The largest absolute Gasteiger partial charge is 0.292 e. The molecule has 7 heteroatoms. The van der Waals surface area contributed by atoms with Crippen molar-refractivity contribution in [3.63, 3.8) is 0 Å². The minimum absolute atomic E-state index is 0.145. The highest BCUT2D eigenvalue weighted by Gasteiger charge is 2.62. The van der Waals surface area contributed by atoms with Crippen LogP contribution < -0.4 is 0 Å². The summed E-state index contributed by atoms with van der Waals surface area (Å²) in [6, 6.07) is 13.4. The van der Waals surface area contributed by atoms with Crippen molar-refractivity contribution in [2.24, 2.45) is 23.7 Å². The van der Waals surface area contributed by atoms with Crippen molar-refractivity contribution < 1.29 is 19.2 Å². The molecule has 0 unspecified atom stereocenters. The molecule has 2 aliphatic carbocycles. The van der Waals surface area contributed by atoms with Gasteiger partial charge in [-0.25, -0.2) is 5.01 Å². The highest BCUT2D eigenvalue weighted by Crippen LogP contribution is 2.56. The Bertz CT molecular complexity index is 1100. The highest BCUT2D eigenvalue weighted by molar-refractivity contribution is 6.34. The third-order valence-corrected chi connectivity index (χ3v) is 7.48. The second-order valence-electron chi connectivity index (χ2n) is 9.00. The molecule has 1 saturated heterocycles. The zero-order valence-electron chi connectivity index (χ0n) is 17.7. The van der Waals surface area contributed by atoms with E-state index in [2.05, 4.69) is 0 Å². The highest BCUT2D eigenvalue weighted by atomic mass is 35.5. The molecule has 4 atom stereocenters. The van der Waals surface area contributed by atoms with E-state index in [9.17, 15) is 19.2 Å². The van der Waals surface area contributed by atoms with Gasteiger partial charge in [-0.3, -0.25) is 19.2 Å². The van der Waals surface area contributed by atoms with Gasteiger partial charge in [0, 0.05) is 5.56 Å². The molecule has 0 radical (unpaired) electrons. The second kappa shape index (κ2) is 7.85. The maximum absolute atomic E-state index is 13.5. The van der Waals surface area contributed by atoms with Crippen LogP contribution in [0.3, 0.4) is 0 Å². The lowest BCUT2D eigenvalue weighted by Gasteiger charge is -2.31. The lowest BCUT2D eigenvalue weighted by Crippen LogP contribution is -2.52. The minimum atomic E-state index is -0.634. The molecule has 3 aliphatic rings. The molecule has 0 N–H and O–H groups in total. The zero-order valence-corrected chi connectivity index (χ0v) is 18.4. The summed E-state index contributed by atoms with van der Waals surface area (Å²) in [5, 5.41) is 2.15. The Morgan fingerprint density at radius 1 is 0.969 bits per heavy atom. The van der Waals surface area contributed by atoms with Crippen LogP contribution in [0.25, 0.3) is 0 Å². The van der Waals surface area contributed by atoms with Crippen LogP contribution in [0.4, 0.5) is 0 Å². The first-order chi connectivity index (χ1) is 15.4. The number of benzene rings is 2. The van der Waals surface area contributed by atoms with Crippen molar-refractivity contribution in [3.8, 4) is 0 Å². The molecule has 32 heavy (non-hydrogen) atoms. The van der Waals surface area contributed by atoms with Gasteiger partial charge in [0.05, 0.1) is 22.4 Å². The number of Topliss-reactive ketones (excluding diaryl/α,β-unsaturated/α-hetero) is 1. The van der Waals surface area contributed by atoms with Gasteiger partial charge in [0.1, 0.15) is 6.54 Å². The van der Waals surface area contributed by atoms with Gasteiger partial charge in [0.2, 0.25) is 0 Å². The van der Waals surface area contributed by atoms with Crippen LogP contribution in [-0.2, 0) is 9.59 Å². The van der Waals surface area contributed by atoms with Crippen LogP contribution in [0.2, 0.25) is 5.02 Å². The molecule has 2 aromatic rings. The Labute approximate surface area is 191 Å². The molecular formula is C25H23ClN2O4. The first-order valence-corrected chi connectivity index (χ1v) is 11.3. The van der Waals surface area contributed by atoms with Crippen LogP contribution >= 0.6 is 11.6 Å². The van der Waals surface area contributed by atoms with Crippen LogP contribution in [0.1, 0.15) is 45.5 Å². The average molecular weight is 451 g/mol. The third-order valence-electron chi connectivity index (χ3n) is 7.15. The number of carbonyl (C=O) groups excluding carboxylic acids is 4. The quantitative estimate of drug-likeness (QED) is 0.511. The summed E-state index contributed by atoms with van der Waals surface area (Å²) in [4.78, 5) is 53.3. The number of amides is 3. The van der Waals surface area contributed by atoms with Gasteiger partial charge >= 0.3 is 0 Å². The van der Waals surface area contributed by atoms with Gasteiger partial charge in [-0.05, 0) is 50.2 Å². The predicted molar refractivity (Wildman–Crippen MR) is 118 cm³/mol. The number of hydrazine groups is 1. The summed E-state index contributed by atoms with van der Waals surface area (Å²) in [6.45, 7) is 1.50. The summed E-state index contributed by atoms with van der Waals surface area (Å²) in [5.41, 5.74) is 1.55. The number of imide groups is 1. The monoisotopic (exact) mass is 450 g/mol. The van der Waals surface area contributed by atoms with Gasteiger partial charge in [-0.15, -0.1) is 0 Å². The Balaban J connectivity index is 1.51. The summed E-state index contributed by atoms with van der Waals surface area (Å²) < 4.78 is 0. The zero-order chi connectivity index (χ0) is 22.6. The van der Waals surface area contributed by atoms with Crippen LogP contribution in [0.15, 0.2) is 48.5 Å². The lowest BCUT2D eigenvalue weighted by molar-refractivity contribution is -0.154. The minimum Gasteiger partial charge on any atom is -0.292 e. The van der Waals surface area contributed by atoms with E-state index in [-0.39, 0.29) is 40.0 Å². The first kappa shape index (κ1) is 20.9. The van der Waals surface area contributed by atoms with E-state index in [1.165, 1.54) is 6.07 Å². The molecule has 2 aromatic carbocycles. The van der Waals surface area contributed by atoms with Gasteiger partial charge < -0.3 is 0 Å². The van der Waals surface area contributed by atoms with Gasteiger partial charge in [-0.1, -0.05) is 53.6 Å². The van der Waals surface area contributed by atoms with E-state index in [4.69, 9.17) is 11.6 Å². The van der Waals surface area contributed by atoms with E-state index in [0.717, 1.165) is 34.8 Å². The Morgan fingerprint density at radius 2 is 1.56 bits per heavy atom. The molecule has 0 spiro atoms. The molecule has 0 aromatic heterocycles. The molecule has 1 aliphatic heterocycles. The number of ketones is 1. The third kappa shape index (κ3) is 3.25. The number of aryl methyl sites for hydroxylation is 1. The van der Waals surface area contributed by atoms with Gasteiger partial charge in [-0.2, -0.15) is 5.01 Å². The molecular weight excluding hydrogens is 428 g/mol. The van der Waals surface area contributed by atoms with Crippen molar-refractivity contribution >= 4 is 35.1 Å². The molecule has 3 amide bonds. The van der Waals surface area contributed by atoms with Gasteiger partial charge in [0.25, 0.3) is 17.7 Å². The SMILES string of the molecule is Cc1ccc(C(=O)CN(C(=O)c2ccccc2Cl)N2C(=O)[C@H]3[C@H]4CC[C@@H](C4)[C@@H]3C2=O)cc1. The van der Waals surface area contributed by atoms with E-state index in [1.807, 2.05) is 19.1 Å². The summed E-state index contributed by atoms with van der Waals surface area (Å²) in [5.74, 6) is -2.16. The van der Waals surface area contributed by atoms with Crippen molar-refractivity contribution in [1.82, 2.24) is 10.0 Å². The first-order valence-electron chi connectivity index (χ1n) is 10.9. The fourth-order valence-corrected chi connectivity index (χ4v) is 5.82. The maximum Gasteiger partial charge on any atom is 0.274 e. The van der Waals surface area contributed by atoms with Gasteiger partial charge in [0.15, 0.2) is 5.78 Å². The predicted octanol–water partition coefficient (Wildman–Crippen LogP) is 3.92.